The van der Waals surface area contributed by atoms with Crippen LogP contribution in [0.2, 0.25) is 0 Å². The smallest absolute Gasteiger partial charge is 0.344 e. The molecule has 0 N–H and O–H groups in total. The van der Waals surface area contributed by atoms with Gasteiger partial charge in [-0.2, -0.15) is 5.01 Å². The molecule has 1 amide bonds. The van der Waals surface area contributed by atoms with Crippen molar-refractivity contribution in [2.75, 3.05) is 18.7 Å². The number of amides is 1. The van der Waals surface area contributed by atoms with E-state index in [0.717, 1.165) is 17.0 Å². The van der Waals surface area contributed by atoms with Crippen molar-refractivity contribution < 1.29 is 23.8 Å². The summed E-state index contributed by atoms with van der Waals surface area (Å²) in [6, 6.07) is 9.09. The number of esters is 1. The molecular formula is C22H24N2O5S2. The van der Waals surface area contributed by atoms with E-state index in [0.29, 0.717) is 20.7 Å². The van der Waals surface area contributed by atoms with Crippen LogP contribution < -0.4 is 14.5 Å². The molecule has 1 aliphatic rings. The summed E-state index contributed by atoms with van der Waals surface area (Å²) in [5.41, 5.74) is 2.60. The Labute approximate surface area is 190 Å². The Hall–Kier alpha value is -2.78. The minimum atomic E-state index is -0.458. The Kier molecular flexibility index (Phi) is 7.07. The normalized spacial score (nSPS) is 15.2. The predicted molar refractivity (Wildman–Crippen MR) is 125 cm³/mol. The van der Waals surface area contributed by atoms with E-state index in [4.69, 9.17) is 26.4 Å². The number of hydrogen-bond acceptors (Lipinski definition) is 7. The van der Waals surface area contributed by atoms with Gasteiger partial charge in [-0.05, 0) is 75.8 Å². The van der Waals surface area contributed by atoms with Gasteiger partial charge in [-0.1, -0.05) is 17.8 Å². The summed E-state index contributed by atoms with van der Waals surface area (Å²) < 4.78 is 18.2. The maximum absolute atomic E-state index is 13.0. The summed E-state index contributed by atoms with van der Waals surface area (Å²) in [7, 11) is 1.51. The van der Waals surface area contributed by atoms with E-state index in [1.807, 2.05) is 30.7 Å². The number of aryl methyl sites for hydroxylation is 2. The fourth-order valence-corrected chi connectivity index (χ4v) is 4.33. The van der Waals surface area contributed by atoms with Gasteiger partial charge < -0.3 is 14.2 Å². The molecule has 3 rings (SSSR count). The maximum atomic E-state index is 13.0. The molecule has 1 aliphatic heterocycles. The van der Waals surface area contributed by atoms with Crippen LogP contribution in [0.4, 0.5) is 0 Å². The minimum absolute atomic E-state index is 0.187. The molecule has 0 radical (unpaired) electrons. The Morgan fingerprint density at radius 3 is 2.45 bits per heavy atom. The number of carbonyl (C=O) groups is 2. The Balaban J connectivity index is 1.80. The monoisotopic (exact) mass is 460 g/mol. The standard InChI is InChI=1S/C22H24N2O5S2/c1-13(2)29-20(25)12-28-17-9-8-16(10-18(17)27-5)11-19-21(26)24(22(30)31-19)23-14(3)6-7-15(23)4/h6-11,13H,12H2,1-5H3/b19-11-. The molecule has 0 saturated carbocycles. The van der Waals surface area contributed by atoms with Crippen molar-refractivity contribution in [2.45, 2.75) is 33.8 Å². The second-order valence-corrected chi connectivity index (χ2v) is 8.83. The molecular weight excluding hydrogens is 436 g/mol. The quantitative estimate of drug-likeness (QED) is 0.352. The van der Waals surface area contributed by atoms with Gasteiger partial charge in [0.1, 0.15) is 0 Å². The minimum Gasteiger partial charge on any atom is -0.493 e. The lowest BCUT2D eigenvalue weighted by Gasteiger charge is -2.20. The molecule has 0 atom stereocenters. The third-order valence-corrected chi connectivity index (χ3v) is 5.69. The Morgan fingerprint density at radius 1 is 1.16 bits per heavy atom. The molecule has 7 nitrogen and oxygen atoms in total. The second-order valence-electron chi connectivity index (χ2n) is 7.16. The van der Waals surface area contributed by atoms with Crippen LogP contribution in [0, 0.1) is 13.8 Å². The molecule has 9 heteroatoms. The van der Waals surface area contributed by atoms with E-state index in [-0.39, 0.29) is 18.6 Å². The summed E-state index contributed by atoms with van der Waals surface area (Å²) in [6.07, 6.45) is 1.55. The molecule has 2 aromatic rings. The van der Waals surface area contributed by atoms with E-state index >= 15 is 0 Å². The fourth-order valence-electron chi connectivity index (χ4n) is 3.09. The highest BCUT2D eigenvalue weighted by molar-refractivity contribution is 8.27. The molecule has 164 valence electrons. The van der Waals surface area contributed by atoms with Gasteiger partial charge in [-0.25, -0.2) is 4.79 Å². The molecule has 1 fully saturated rings. The number of carbonyl (C=O) groups excluding carboxylic acids is 2. The van der Waals surface area contributed by atoms with Crippen LogP contribution in [-0.2, 0) is 14.3 Å². The first-order chi connectivity index (χ1) is 14.7. The van der Waals surface area contributed by atoms with Crippen LogP contribution in [-0.4, -0.2) is 40.7 Å². The molecule has 0 aliphatic carbocycles. The molecule has 0 unspecified atom stereocenters. The lowest BCUT2D eigenvalue weighted by atomic mass is 10.2. The highest BCUT2D eigenvalue weighted by atomic mass is 32.2. The van der Waals surface area contributed by atoms with Gasteiger partial charge in [0, 0.05) is 11.4 Å². The number of nitrogens with zero attached hydrogens (tertiary/aromatic N) is 2. The molecule has 2 heterocycles. The lowest BCUT2D eigenvalue weighted by Crippen LogP contribution is -2.39. The lowest BCUT2D eigenvalue weighted by molar-refractivity contribution is -0.149. The second kappa shape index (κ2) is 9.57. The van der Waals surface area contributed by atoms with Crippen LogP contribution in [0.15, 0.2) is 35.2 Å². The van der Waals surface area contributed by atoms with Gasteiger partial charge in [0.2, 0.25) is 0 Å². The number of thioether (sulfide) groups is 1. The molecule has 31 heavy (non-hydrogen) atoms. The zero-order chi connectivity index (χ0) is 22.7. The summed E-state index contributed by atoms with van der Waals surface area (Å²) in [5, 5.41) is 1.51. The SMILES string of the molecule is COc1cc(/C=C2\SC(=S)N(n3c(C)ccc3C)C2=O)ccc1OCC(=O)OC(C)C. The predicted octanol–water partition coefficient (Wildman–Crippen LogP) is 3.98. The number of rotatable bonds is 7. The molecule has 0 spiro atoms. The van der Waals surface area contributed by atoms with Gasteiger partial charge in [0.25, 0.3) is 5.91 Å². The van der Waals surface area contributed by atoms with Crippen molar-refractivity contribution in [3.63, 3.8) is 0 Å². The van der Waals surface area contributed by atoms with Gasteiger partial charge in [-0.3, -0.25) is 9.47 Å². The summed E-state index contributed by atoms with van der Waals surface area (Å²) in [6.45, 7) is 7.18. The maximum Gasteiger partial charge on any atom is 0.344 e. The largest absolute Gasteiger partial charge is 0.493 e. The summed E-state index contributed by atoms with van der Waals surface area (Å²) in [4.78, 5) is 25.2. The number of aromatic nitrogens is 1. The first kappa shape index (κ1) is 22.9. The average Bonchev–Trinajstić information content (AvgIpc) is 3.17. The van der Waals surface area contributed by atoms with Crippen molar-refractivity contribution in [3.8, 4) is 11.5 Å². The van der Waals surface area contributed by atoms with Crippen LogP contribution in [0.25, 0.3) is 6.08 Å². The van der Waals surface area contributed by atoms with Crippen molar-refractivity contribution >= 4 is 46.3 Å². The van der Waals surface area contributed by atoms with Crippen molar-refractivity contribution in [1.29, 1.82) is 0 Å². The van der Waals surface area contributed by atoms with Gasteiger partial charge >= 0.3 is 5.97 Å². The van der Waals surface area contributed by atoms with Crippen LogP contribution >= 0.6 is 24.0 Å². The van der Waals surface area contributed by atoms with E-state index < -0.39 is 5.97 Å². The number of hydrogen-bond donors (Lipinski definition) is 0. The topological polar surface area (TPSA) is 70.0 Å². The number of thiocarbonyl (C=S) groups is 1. The van der Waals surface area contributed by atoms with Crippen molar-refractivity contribution in [3.05, 3.63) is 52.2 Å². The number of benzene rings is 1. The number of ether oxygens (including phenoxy) is 3. The highest BCUT2D eigenvalue weighted by Crippen LogP contribution is 2.35. The zero-order valence-electron chi connectivity index (χ0n) is 18.0. The number of methoxy groups -OCH3 is 1. The molecule has 1 aromatic carbocycles. The van der Waals surface area contributed by atoms with Crippen LogP contribution in [0.1, 0.15) is 30.8 Å². The first-order valence-corrected chi connectivity index (χ1v) is 10.9. The Bertz CT molecular complexity index is 1040. The van der Waals surface area contributed by atoms with Crippen molar-refractivity contribution in [1.82, 2.24) is 4.68 Å². The molecule has 1 saturated heterocycles. The van der Waals surface area contributed by atoms with Crippen LogP contribution in [0.5, 0.6) is 11.5 Å². The third kappa shape index (κ3) is 5.11. The van der Waals surface area contributed by atoms with E-state index in [2.05, 4.69) is 0 Å². The third-order valence-electron chi connectivity index (χ3n) is 4.41. The van der Waals surface area contributed by atoms with Crippen LogP contribution in [0.3, 0.4) is 0 Å². The molecule has 0 bridgehead atoms. The highest BCUT2D eigenvalue weighted by Gasteiger charge is 2.34. The summed E-state index contributed by atoms with van der Waals surface area (Å²) >= 11 is 6.70. The van der Waals surface area contributed by atoms with E-state index in [1.54, 1.807) is 38.1 Å². The van der Waals surface area contributed by atoms with Gasteiger partial charge in [-0.15, -0.1) is 0 Å². The van der Waals surface area contributed by atoms with Gasteiger partial charge in [0.05, 0.1) is 18.1 Å². The fraction of sp³-hybridized carbons (Fsp3) is 0.318. The average molecular weight is 461 g/mol. The van der Waals surface area contributed by atoms with Gasteiger partial charge in [0.15, 0.2) is 22.4 Å². The molecule has 1 aromatic heterocycles. The van der Waals surface area contributed by atoms with E-state index in [9.17, 15) is 9.59 Å². The zero-order valence-corrected chi connectivity index (χ0v) is 19.6. The summed E-state index contributed by atoms with van der Waals surface area (Å²) in [5.74, 6) is 0.207. The Morgan fingerprint density at radius 2 is 1.84 bits per heavy atom. The van der Waals surface area contributed by atoms with Crippen molar-refractivity contribution in [2.24, 2.45) is 0 Å². The van der Waals surface area contributed by atoms with E-state index in [1.165, 1.54) is 23.9 Å². The first-order valence-electron chi connectivity index (χ1n) is 9.64.